The van der Waals surface area contributed by atoms with Crippen molar-refractivity contribution in [3.05, 3.63) is 46.9 Å². The van der Waals surface area contributed by atoms with Crippen molar-refractivity contribution in [1.29, 1.82) is 0 Å². The molecule has 0 spiro atoms. The summed E-state index contributed by atoms with van der Waals surface area (Å²) in [4.78, 5) is 19.7. The minimum atomic E-state index is -0.158. The Kier molecular flexibility index (Phi) is 4.68. The number of aromatic nitrogens is 1. The van der Waals surface area contributed by atoms with E-state index >= 15 is 0 Å². The summed E-state index contributed by atoms with van der Waals surface area (Å²) in [5, 5.41) is 0.404. The second-order valence-electron chi connectivity index (χ2n) is 6.19. The van der Waals surface area contributed by atoms with Gasteiger partial charge in [0.15, 0.2) is 11.3 Å². The number of benzene rings is 1. The van der Waals surface area contributed by atoms with E-state index in [2.05, 4.69) is 9.88 Å². The van der Waals surface area contributed by atoms with Gasteiger partial charge in [-0.2, -0.15) is 0 Å². The lowest BCUT2D eigenvalue weighted by Crippen LogP contribution is -2.36. The maximum Gasteiger partial charge on any atom is 0.200 e. The van der Waals surface area contributed by atoms with E-state index in [0.29, 0.717) is 46.8 Å². The molecule has 1 saturated heterocycles. The molecule has 3 aromatic rings. The zero-order valence-corrected chi connectivity index (χ0v) is 15.2. The number of fused-ring (bicyclic) bond motifs is 1. The minimum absolute atomic E-state index is 0.158. The van der Waals surface area contributed by atoms with E-state index in [1.54, 1.807) is 25.4 Å². The summed E-state index contributed by atoms with van der Waals surface area (Å²) in [6.45, 7) is 3.01. The summed E-state index contributed by atoms with van der Waals surface area (Å²) in [6.07, 6.45) is 3.14. The number of pyridine rings is 1. The fourth-order valence-electron chi connectivity index (χ4n) is 3.18. The maximum atomic E-state index is 13.0. The largest absolute Gasteiger partial charge is 0.497 e. The molecule has 1 aliphatic rings. The summed E-state index contributed by atoms with van der Waals surface area (Å²) in [6, 6.07) is 7.14. The first-order valence-electron chi connectivity index (χ1n) is 8.68. The number of anilines is 1. The smallest absolute Gasteiger partial charge is 0.200 e. The molecule has 1 aliphatic heterocycles. The number of hydrogen-bond donors (Lipinski definition) is 0. The van der Waals surface area contributed by atoms with Crippen LogP contribution in [-0.4, -0.2) is 45.5 Å². The van der Waals surface area contributed by atoms with Crippen molar-refractivity contribution in [3.63, 3.8) is 0 Å². The van der Waals surface area contributed by atoms with Crippen LogP contribution < -0.4 is 19.8 Å². The molecule has 0 bridgehead atoms. The standard InChI is InChI=1S/C20H20N2O5/c1-24-14-9-15-19(23)16(12-27-20(15)17(10-14)25-2)13-3-4-18(21-11-13)22-5-7-26-8-6-22/h3-4,9-12H,5-8H2,1-2H3. The Morgan fingerprint density at radius 2 is 1.93 bits per heavy atom. The number of rotatable bonds is 4. The minimum Gasteiger partial charge on any atom is -0.497 e. The van der Waals surface area contributed by atoms with E-state index < -0.39 is 0 Å². The molecule has 0 saturated carbocycles. The molecule has 1 aromatic carbocycles. The van der Waals surface area contributed by atoms with Crippen molar-refractivity contribution in [2.75, 3.05) is 45.4 Å². The van der Waals surface area contributed by atoms with Crippen LogP contribution >= 0.6 is 0 Å². The molecule has 0 N–H and O–H groups in total. The van der Waals surface area contributed by atoms with Crippen molar-refractivity contribution in [3.8, 4) is 22.6 Å². The van der Waals surface area contributed by atoms with Crippen LogP contribution in [0.1, 0.15) is 0 Å². The quantitative estimate of drug-likeness (QED) is 0.701. The van der Waals surface area contributed by atoms with Gasteiger partial charge in [0.1, 0.15) is 17.8 Å². The van der Waals surface area contributed by atoms with Gasteiger partial charge in [-0.1, -0.05) is 0 Å². The lowest BCUT2D eigenvalue weighted by Gasteiger charge is -2.27. The Morgan fingerprint density at radius 3 is 2.59 bits per heavy atom. The van der Waals surface area contributed by atoms with Crippen molar-refractivity contribution in [2.45, 2.75) is 0 Å². The molecule has 2 aromatic heterocycles. The zero-order valence-electron chi connectivity index (χ0n) is 15.2. The van der Waals surface area contributed by atoms with Crippen LogP contribution in [0.4, 0.5) is 5.82 Å². The molecule has 1 fully saturated rings. The third-order valence-electron chi connectivity index (χ3n) is 4.66. The predicted octanol–water partition coefficient (Wildman–Crippen LogP) is 2.71. The highest BCUT2D eigenvalue weighted by atomic mass is 16.5. The molecule has 0 aliphatic carbocycles. The van der Waals surface area contributed by atoms with Crippen molar-refractivity contribution in [1.82, 2.24) is 4.98 Å². The monoisotopic (exact) mass is 368 g/mol. The van der Waals surface area contributed by atoms with E-state index in [1.807, 2.05) is 12.1 Å². The first-order chi connectivity index (χ1) is 13.2. The maximum absolute atomic E-state index is 13.0. The lowest BCUT2D eigenvalue weighted by molar-refractivity contribution is 0.122. The normalized spacial score (nSPS) is 14.4. The number of ether oxygens (including phenoxy) is 3. The molecule has 27 heavy (non-hydrogen) atoms. The summed E-state index contributed by atoms with van der Waals surface area (Å²) in [5.74, 6) is 1.86. The van der Waals surface area contributed by atoms with Gasteiger partial charge in [-0.25, -0.2) is 4.98 Å². The van der Waals surface area contributed by atoms with Crippen LogP contribution in [0.3, 0.4) is 0 Å². The van der Waals surface area contributed by atoms with Crippen LogP contribution in [0, 0.1) is 0 Å². The third-order valence-corrected chi connectivity index (χ3v) is 4.66. The average Bonchev–Trinajstić information content (AvgIpc) is 2.74. The Hall–Kier alpha value is -3.06. The highest BCUT2D eigenvalue weighted by Crippen LogP contribution is 2.31. The van der Waals surface area contributed by atoms with Gasteiger partial charge < -0.3 is 23.5 Å². The lowest BCUT2D eigenvalue weighted by atomic mass is 10.1. The Balaban J connectivity index is 1.75. The molecule has 0 atom stereocenters. The number of hydrogen-bond acceptors (Lipinski definition) is 7. The fourth-order valence-corrected chi connectivity index (χ4v) is 3.18. The van der Waals surface area contributed by atoms with Gasteiger partial charge in [-0.15, -0.1) is 0 Å². The second-order valence-corrected chi connectivity index (χ2v) is 6.19. The van der Waals surface area contributed by atoms with Crippen LogP contribution in [-0.2, 0) is 4.74 Å². The SMILES string of the molecule is COc1cc(OC)c2occ(-c3ccc(N4CCOCC4)nc3)c(=O)c2c1. The van der Waals surface area contributed by atoms with E-state index in [9.17, 15) is 4.79 Å². The summed E-state index contributed by atoms with van der Waals surface area (Å²) in [7, 11) is 3.07. The molecule has 7 nitrogen and oxygen atoms in total. The Labute approximate surface area is 156 Å². The van der Waals surface area contributed by atoms with E-state index in [0.717, 1.165) is 18.9 Å². The van der Waals surface area contributed by atoms with Gasteiger partial charge in [0.2, 0.25) is 5.43 Å². The zero-order chi connectivity index (χ0) is 18.8. The van der Waals surface area contributed by atoms with E-state index in [-0.39, 0.29) is 5.43 Å². The molecule has 140 valence electrons. The molecule has 0 unspecified atom stereocenters. The Bertz CT molecular complexity index is 1010. The molecular weight excluding hydrogens is 348 g/mol. The predicted molar refractivity (Wildman–Crippen MR) is 102 cm³/mol. The first kappa shape index (κ1) is 17.4. The van der Waals surface area contributed by atoms with Crippen LogP contribution in [0.15, 0.2) is 45.9 Å². The van der Waals surface area contributed by atoms with Crippen LogP contribution in [0.5, 0.6) is 11.5 Å². The van der Waals surface area contributed by atoms with E-state index in [1.165, 1.54) is 13.4 Å². The van der Waals surface area contributed by atoms with Gasteiger partial charge in [-0.05, 0) is 18.2 Å². The molecule has 7 heteroatoms. The summed E-state index contributed by atoms with van der Waals surface area (Å²) >= 11 is 0. The molecule has 3 heterocycles. The van der Waals surface area contributed by atoms with Crippen LogP contribution in [0.25, 0.3) is 22.1 Å². The number of methoxy groups -OCH3 is 2. The number of nitrogens with zero attached hydrogens (tertiary/aromatic N) is 2. The number of morpholine rings is 1. The second kappa shape index (κ2) is 7.28. The highest BCUT2D eigenvalue weighted by Gasteiger charge is 2.16. The average molecular weight is 368 g/mol. The van der Waals surface area contributed by atoms with Gasteiger partial charge in [0, 0.05) is 30.9 Å². The topological polar surface area (TPSA) is 74.0 Å². The van der Waals surface area contributed by atoms with Gasteiger partial charge >= 0.3 is 0 Å². The molecule has 0 radical (unpaired) electrons. The van der Waals surface area contributed by atoms with E-state index in [4.69, 9.17) is 18.6 Å². The van der Waals surface area contributed by atoms with Gasteiger partial charge in [-0.3, -0.25) is 4.79 Å². The van der Waals surface area contributed by atoms with Crippen molar-refractivity contribution >= 4 is 16.8 Å². The van der Waals surface area contributed by atoms with Crippen molar-refractivity contribution in [2.24, 2.45) is 0 Å². The van der Waals surface area contributed by atoms with Crippen molar-refractivity contribution < 1.29 is 18.6 Å². The van der Waals surface area contributed by atoms with Gasteiger partial charge in [0.05, 0.1) is 38.4 Å². The first-order valence-corrected chi connectivity index (χ1v) is 8.68. The molecule has 4 rings (SSSR count). The molecular formula is C20H20N2O5. The summed E-state index contributed by atoms with van der Waals surface area (Å²) < 4.78 is 21.6. The highest BCUT2D eigenvalue weighted by molar-refractivity contribution is 5.87. The fraction of sp³-hybridized carbons (Fsp3) is 0.300. The van der Waals surface area contributed by atoms with Crippen LogP contribution in [0.2, 0.25) is 0 Å². The molecule has 0 amide bonds. The Morgan fingerprint density at radius 1 is 1.11 bits per heavy atom. The third kappa shape index (κ3) is 3.21. The van der Waals surface area contributed by atoms with Gasteiger partial charge in [0.25, 0.3) is 0 Å². The summed E-state index contributed by atoms with van der Waals surface area (Å²) in [5.41, 5.74) is 1.38.